The standard InChI is InChI=1S/C14H22N2O2/c1-18-11-12-3-2-4-13(9-12)14(10-17)16-7-5-15-6-8-16/h2-4,9,14-15,17H,5-8,10-11H2,1H3. The number of hydrogen-bond donors (Lipinski definition) is 2. The van der Waals surface area contributed by atoms with Crippen molar-refractivity contribution in [3.8, 4) is 0 Å². The van der Waals surface area contributed by atoms with Crippen LogP contribution >= 0.6 is 0 Å². The number of methoxy groups -OCH3 is 1. The minimum Gasteiger partial charge on any atom is -0.394 e. The highest BCUT2D eigenvalue weighted by atomic mass is 16.5. The van der Waals surface area contributed by atoms with Gasteiger partial charge in [0.2, 0.25) is 0 Å². The van der Waals surface area contributed by atoms with Crippen molar-refractivity contribution in [2.45, 2.75) is 12.6 Å². The molecular formula is C14H22N2O2. The summed E-state index contributed by atoms with van der Waals surface area (Å²) in [5.41, 5.74) is 2.33. The van der Waals surface area contributed by atoms with Crippen molar-refractivity contribution in [2.75, 3.05) is 39.9 Å². The van der Waals surface area contributed by atoms with Crippen molar-refractivity contribution in [2.24, 2.45) is 0 Å². The number of nitrogens with one attached hydrogen (secondary N) is 1. The van der Waals surface area contributed by atoms with Crippen LogP contribution in [0.3, 0.4) is 0 Å². The van der Waals surface area contributed by atoms with Crippen LogP contribution in [0.1, 0.15) is 17.2 Å². The zero-order valence-corrected chi connectivity index (χ0v) is 10.9. The Morgan fingerprint density at radius 1 is 1.39 bits per heavy atom. The summed E-state index contributed by atoms with van der Waals surface area (Å²) in [6.07, 6.45) is 0. The van der Waals surface area contributed by atoms with Crippen LogP contribution in [-0.2, 0) is 11.3 Å². The second-order valence-electron chi connectivity index (χ2n) is 4.66. The van der Waals surface area contributed by atoms with Gasteiger partial charge in [-0.2, -0.15) is 0 Å². The number of benzene rings is 1. The van der Waals surface area contributed by atoms with Crippen molar-refractivity contribution in [1.82, 2.24) is 10.2 Å². The average molecular weight is 250 g/mol. The summed E-state index contributed by atoms with van der Waals surface area (Å²) in [7, 11) is 1.70. The number of nitrogens with zero attached hydrogens (tertiary/aromatic N) is 1. The van der Waals surface area contributed by atoms with Gasteiger partial charge in [0, 0.05) is 33.3 Å². The minimum absolute atomic E-state index is 0.101. The summed E-state index contributed by atoms with van der Waals surface area (Å²) in [4.78, 5) is 2.34. The Morgan fingerprint density at radius 2 is 2.17 bits per heavy atom. The predicted molar refractivity (Wildman–Crippen MR) is 71.4 cm³/mol. The highest BCUT2D eigenvalue weighted by molar-refractivity contribution is 5.26. The van der Waals surface area contributed by atoms with Gasteiger partial charge in [-0.25, -0.2) is 0 Å². The third-order valence-corrected chi connectivity index (χ3v) is 3.41. The number of rotatable bonds is 5. The molecule has 0 aliphatic carbocycles. The monoisotopic (exact) mass is 250 g/mol. The van der Waals surface area contributed by atoms with E-state index in [1.165, 1.54) is 5.56 Å². The van der Waals surface area contributed by atoms with Crippen LogP contribution in [0.5, 0.6) is 0 Å². The van der Waals surface area contributed by atoms with Crippen LogP contribution in [0.2, 0.25) is 0 Å². The Balaban J connectivity index is 2.12. The first-order valence-corrected chi connectivity index (χ1v) is 6.48. The third kappa shape index (κ3) is 3.29. The summed E-state index contributed by atoms with van der Waals surface area (Å²) in [6, 6.07) is 8.41. The van der Waals surface area contributed by atoms with E-state index in [0.717, 1.165) is 31.7 Å². The second-order valence-corrected chi connectivity index (χ2v) is 4.66. The van der Waals surface area contributed by atoms with Crippen LogP contribution in [0.25, 0.3) is 0 Å². The largest absolute Gasteiger partial charge is 0.394 e. The van der Waals surface area contributed by atoms with Gasteiger partial charge >= 0.3 is 0 Å². The smallest absolute Gasteiger partial charge is 0.0713 e. The van der Waals surface area contributed by atoms with Gasteiger partial charge in [-0.3, -0.25) is 4.90 Å². The fraction of sp³-hybridized carbons (Fsp3) is 0.571. The Hall–Kier alpha value is -0.940. The number of aliphatic hydroxyl groups excluding tert-OH is 1. The fourth-order valence-electron chi connectivity index (χ4n) is 2.48. The Morgan fingerprint density at radius 3 is 2.83 bits per heavy atom. The molecule has 1 saturated heterocycles. The maximum atomic E-state index is 9.66. The molecule has 1 unspecified atom stereocenters. The molecule has 4 nitrogen and oxygen atoms in total. The average Bonchev–Trinajstić information content (AvgIpc) is 2.42. The summed E-state index contributed by atoms with van der Waals surface area (Å²) in [6.45, 7) is 4.74. The van der Waals surface area contributed by atoms with Gasteiger partial charge in [-0.1, -0.05) is 24.3 Å². The van der Waals surface area contributed by atoms with E-state index in [4.69, 9.17) is 4.74 Å². The van der Waals surface area contributed by atoms with Crippen LogP contribution < -0.4 is 5.32 Å². The molecule has 1 aliphatic heterocycles. The Kier molecular flexibility index (Phi) is 5.13. The highest BCUT2D eigenvalue weighted by Gasteiger charge is 2.21. The van der Waals surface area contributed by atoms with E-state index < -0.39 is 0 Å². The van der Waals surface area contributed by atoms with E-state index in [9.17, 15) is 5.11 Å². The molecule has 18 heavy (non-hydrogen) atoms. The molecule has 1 fully saturated rings. The van der Waals surface area contributed by atoms with Gasteiger partial charge in [0.05, 0.1) is 19.3 Å². The van der Waals surface area contributed by atoms with Crippen molar-refractivity contribution in [1.29, 1.82) is 0 Å². The lowest BCUT2D eigenvalue weighted by Gasteiger charge is -2.34. The molecule has 2 rings (SSSR count). The molecule has 1 aromatic carbocycles. The van der Waals surface area contributed by atoms with Crippen molar-refractivity contribution in [3.63, 3.8) is 0 Å². The molecule has 0 saturated carbocycles. The first kappa shape index (κ1) is 13.5. The lowest BCUT2D eigenvalue weighted by molar-refractivity contribution is 0.110. The molecule has 1 aromatic rings. The second kappa shape index (κ2) is 6.85. The number of aliphatic hydroxyl groups is 1. The van der Waals surface area contributed by atoms with Crippen LogP contribution in [0.4, 0.5) is 0 Å². The molecule has 1 atom stereocenters. The molecule has 0 aromatic heterocycles. The summed E-state index contributed by atoms with van der Waals surface area (Å²) < 4.78 is 5.16. The van der Waals surface area contributed by atoms with E-state index in [-0.39, 0.29) is 12.6 Å². The summed E-state index contributed by atoms with van der Waals surface area (Å²) >= 11 is 0. The number of hydrogen-bond acceptors (Lipinski definition) is 4. The van der Waals surface area contributed by atoms with Crippen molar-refractivity contribution < 1.29 is 9.84 Å². The fourth-order valence-corrected chi connectivity index (χ4v) is 2.48. The van der Waals surface area contributed by atoms with Gasteiger partial charge < -0.3 is 15.2 Å². The maximum absolute atomic E-state index is 9.66. The molecule has 0 spiro atoms. The zero-order chi connectivity index (χ0) is 12.8. The van der Waals surface area contributed by atoms with Crippen LogP contribution in [-0.4, -0.2) is 49.9 Å². The van der Waals surface area contributed by atoms with Gasteiger partial charge in [0.15, 0.2) is 0 Å². The highest BCUT2D eigenvalue weighted by Crippen LogP contribution is 2.21. The topological polar surface area (TPSA) is 44.7 Å². The van der Waals surface area contributed by atoms with E-state index in [2.05, 4.69) is 28.4 Å². The normalized spacial score (nSPS) is 18.8. The Bertz CT molecular complexity index is 365. The molecule has 100 valence electrons. The van der Waals surface area contributed by atoms with Crippen molar-refractivity contribution in [3.05, 3.63) is 35.4 Å². The first-order valence-electron chi connectivity index (χ1n) is 6.48. The van der Waals surface area contributed by atoms with Crippen LogP contribution in [0.15, 0.2) is 24.3 Å². The molecule has 0 amide bonds. The number of ether oxygens (including phenoxy) is 1. The van der Waals surface area contributed by atoms with Gasteiger partial charge in [0.1, 0.15) is 0 Å². The maximum Gasteiger partial charge on any atom is 0.0713 e. The molecular weight excluding hydrogens is 228 g/mol. The van der Waals surface area contributed by atoms with E-state index in [1.54, 1.807) is 7.11 Å². The van der Waals surface area contributed by atoms with Gasteiger partial charge in [-0.15, -0.1) is 0 Å². The molecule has 1 aliphatic rings. The van der Waals surface area contributed by atoms with Gasteiger partial charge in [0.25, 0.3) is 0 Å². The first-order chi connectivity index (χ1) is 8.85. The zero-order valence-electron chi connectivity index (χ0n) is 10.9. The quantitative estimate of drug-likeness (QED) is 0.810. The number of piperazine rings is 1. The molecule has 0 radical (unpaired) electrons. The lowest BCUT2D eigenvalue weighted by Crippen LogP contribution is -2.46. The van der Waals surface area contributed by atoms with E-state index in [0.29, 0.717) is 6.61 Å². The minimum atomic E-state index is 0.101. The molecule has 0 bridgehead atoms. The SMILES string of the molecule is COCc1cccc(C(CO)N2CCNCC2)c1. The van der Waals surface area contributed by atoms with Gasteiger partial charge in [-0.05, 0) is 11.1 Å². The van der Waals surface area contributed by atoms with E-state index in [1.807, 2.05) is 6.07 Å². The summed E-state index contributed by atoms with van der Waals surface area (Å²) in [5.74, 6) is 0. The van der Waals surface area contributed by atoms with Crippen molar-refractivity contribution >= 4 is 0 Å². The predicted octanol–water partition coefficient (Wildman–Crippen LogP) is 0.772. The third-order valence-electron chi connectivity index (χ3n) is 3.41. The molecule has 4 heteroatoms. The summed E-state index contributed by atoms with van der Waals surface area (Å²) in [5, 5.41) is 13.0. The molecule has 2 N–H and O–H groups in total. The van der Waals surface area contributed by atoms with Crippen LogP contribution in [0, 0.1) is 0 Å². The van der Waals surface area contributed by atoms with E-state index >= 15 is 0 Å². The molecule has 1 heterocycles. The Labute approximate surface area is 109 Å². The lowest BCUT2D eigenvalue weighted by atomic mass is 10.0.